The van der Waals surface area contributed by atoms with E-state index in [0.717, 1.165) is 17.0 Å². The van der Waals surface area contributed by atoms with Crippen molar-refractivity contribution in [3.8, 4) is 6.07 Å². The van der Waals surface area contributed by atoms with E-state index in [1.807, 2.05) is 6.07 Å². The van der Waals surface area contributed by atoms with Crippen LogP contribution in [0.25, 0.3) is 0 Å². The van der Waals surface area contributed by atoms with E-state index >= 15 is 0 Å². The summed E-state index contributed by atoms with van der Waals surface area (Å²) in [5, 5.41) is 18.5. The Bertz CT molecular complexity index is 590. The molecule has 0 aliphatic carbocycles. The summed E-state index contributed by atoms with van der Waals surface area (Å²) in [7, 11) is 0. The monoisotopic (exact) mass is 294 g/mol. The van der Waals surface area contributed by atoms with E-state index in [0.29, 0.717) is 0 Å². The molecule has 0 bridgehead atoms. The smallest absolute Gasteiger partial charge is 0.130 e. The Morgan fingerprint density at radius 2 is 2.05 bits per heavy atom. The summed E-state index contributed by atoms with van der Waals surface area (Å²) in [4.78, 5) is 4.65. The summed E-state index contributed by atoms with van der Waals surface area (Å²) in [6.07, 6.45) is 1.81. The van der Waals surface area contributed by atoms with Gasteiger partial charge in [-0.3, -0.25) is 4.98 Å². The van der Waals surface area contributed by atoms with Crippen molar-refractivity contribution < 1.29 is 13.9 Å². The van der Waals surface area contributed by atoms with E-state index in [-0.39, 0.29) is 18.6 Å². The minimum absolute atomic E-state index is 0.170. The SMILES string of the molecule is N#C[C@@H](c1c(F)cccc1F)[C@H](CCO)c1cncs1. The lowest BCUT2D eigenvalue weighted by atomic mass is 9.83. The molecule has 6 heteroatoms. The minimum Gasteiger partial charge on any atom is -0.396 e. The molecule has 1 aromatic heterocycles. The lowest BCUT2D eigenvalue weighted by molar-refractivity contribution is 0.271. The first-order valence-corrected chi connectivity index (χ1v) is 6.89. The Hall–Kier alpha value is -1.84. The van der Waals surface area contributed by atoms with Crippen molar-refractivity contribution >= 4 is 11.3 Å². The van der Waals surface area contributed by atoms with E-state index in [1.54, 1.807) is 11.7 Å². The molecule has 2 rings (SSSR count). The molecule has 0 saturated carbocycles. The molecule has 0 aliphatic heterocycles. The Labute approximate surface area is 119 Å². The number of halogens is 2. The summed E-state index contributed by atoms with van der Waals surface area (Å²) in [6.45, 7) is -0.170. The zero-order chi connectivity index (χ0) is 14.5. The average Bonchev–Trinajstić information content (AvgIpc) is 2.95. The molecule has 1 heterocycles. The number of aliphatic hydroxyl groups excluding tert-OH is 1. The van der Waals surface area contributed by atoms with Gasteiger partial charge in [-0.05, 0) is 18.6 Å². The summed E-state index contributed by atoms with van der Waals surface area (Å²) < 4.78 is 27.7. The standard InChI is InChI=1S/C14H12F2N2OS/c15-11-2-1-3-12(16)14(11)10(6-17)9(4-5-19)13-7-18-8-20-13/h1-3,7-10,19H,4-5H2/t9-,10+/m0/s1. The molecule has 2 atom stereocenters. The predicted molar refractivity (Wildman–Crippen MR) is 71.3 cm³/mol. The van der Waals surface area contributed by atoms with Crippen molar-refractivity contribution in [2.45, 2.75) is 18.3 Å². The zero-order valence-corrected chi connectivity index (χ0v) is 11.3. The largest absolute Gasteiger partial charge is 0.396 e. The van der Waals surface area contributed by atoms with Crippen molar-refractivity contribution in [1.29, 1.82) is 5.26 Å². The van der Waals surface area contributed by atoms with E-state index in [2.05, 4.69) is 4.98 Å². The van der Waals surface area contributed by atoms with Crippen LogP contribution in [0.3, 0.4) is 0 Å². The van der Waals surface area contributed by atoms with Crippen LogP contribution < -0.4 is 0 Å². The highest BCUT2D eigenvalue weighted by atomic mass is 32.1. The summed E-state index contributed by atoms with van der Waals surface area (Å²) >= 11 is 1.30. The molecule has 1 N–H and O–H groups in total. The van der Waals surface area contributed by atoms with E-state index in [4.69, 9.17) is 5.11 Å². The number of hydrogen-bond acceptors (Lipinski definition) is 4. The molecule has 0 spiro atoms. The number of aromatic nitrogens is 1. The second-order valence-electron chi connectivity index (χ2n) is 4.26. The lowest BCUT2D eigenvalue weighted by Crippen LogP contribution is -2.14. The van der Waals surface area contributed by atoms with Crippen molar-refractivity contribution in [3.05, 3.63) is 52.0 Å². The molecule has 3 nitrogen and oxygen atoms in total. The maximum Gasteiger partial charge on any atom is 0.130 e. The van der Waals surface area contributed by atoms with Gasteiger partial charge < -0.3 is 5.11 Å². The fourth-order valence-electron chi connectivity index (χ4n) is 2.18. The molecule has 0 unspecified atom stereocenters. The minimum atomic E-state index is -0.996. The Morgan fingerprint density at radius 1 is 1.35 bits per heavy atom. The number of aliphatic hydroxyl groups is 1. The molecular formula is C14H12F2N2OS. The molecular weight excluding hydrogens is 282 g/mol. The molecule has 0 amide bonds. The van der Waals surface area contributed by atoms with Crippen LogP contribution >= 0.6 is 11.3 Å². The molecule has 2 aromatic rings. The third-order valence-corrected chi connectivity index (χ3v) is 4.02. The first-order valence-electron chi connectivity index (χ1n) is 6.01. The quantitative estimate of drug-likeness (QED) is 0.921. The van der Waals surface area contributed by atoms with Crippen LogP contribution in [0.1, 0.15) is 28.7 Å². The molecule has 0 aliphatic rings. The van der Waals surface area contributed by atoms with E-state index in [9.17, 15) is 14.0 Å². The van der Waals surface area contributed by atoms with Crippen molar-refractivity contribution in [3.63, 3.8) is 0 Å². The number of nitriles is 1. The van der Waals surface area contributed by atoms with Crippen molar-refractivity contribution in [1.82, 2.24) is 4.98 Å². The molecule has 0 saturated heterocycles. The third kappa shape index (κ3) is 2.84. The lowest BCUT2D eigenvalue weighted by Gasteiger charge is -2.21. The maximum atomic E-state index is 13.9. The Balaban J connectivity index is 2.47. The number of nitrogens with zero attached hydrogens (tertiary/aromatic N) is 2. The normalized spacial score (nSPS) is 13.7. The van der Waals surface area contributed by atoms with Gasteiger partial charge in [0.25, 0.3) is 0 Å². The second kappa shape index (κ2) is 6.55. The van der Waals surface area contributed by atoms with Gasteiger partial charge in [-0.2, -0.15) is 5.26 Å². The van der Waals surface area contributed by atoms with Crippen LogP contribution in [-0.2, 0) is 0 Å². The zero-order valence-electron chi connectivity index (χ0n) is 10.5. The van der Waals surface area contributed by atoms with Crippen LogP contribution in [0.15, 0.2) is 29.9 Å². The highest BCUT2D eigenvalue weighted by molar-refractivity contribution is 7.09. The van der Waals surface area contributed by atoms with Crippen LogP contribution in [-0.4, -0.2) is 16.7 Å². The van der Waals surface area contributed by atoms with Gasteiger partial charge in [0.15, 0.2) is 0 Å². The number of rotatable bonds is 5. The maximum absolute atomic E-state index is 13.9. The molecule has 0 radical (unpaired) electrons. The van der Waals surface area contributed by atoms with E-state index < -0.39 is 23.5 Å². The predicted octanol–water partition coefficient (Wildman–Crippen LogP) is 3.19. The van der Waals surface area contributed by atoms with Gasteiger partial charge in [-0.15, -0.1) is 11.3 Å². The number of hydrogen-bond donors (Lipinski definition) is 1. The second-order valence-corrected chi connectivity index (χ2v) is 5.18. The van der Waals surface area contributed by atoms with Crippen LogP contribution in [0.2, 0.25) is 0 Å². The number of thiazole rings is 1. The van der Waals surface area contributed by atoms with Crippen LogP contribution in [0.5, 0.6) is 0 Å². The molecule has 0 fully saturated rings. The highest BCUT2D eigenvalue weighted by Gasteiger charge is 2.30. The first-order chi connectivity index (χ1) is 9.69. The van der Waals surface area contributed by atoms with Gasteiger partial charge in [0.1, 0.15) is 11.6 Å². The van der Waals surface area contributed by atoms with Crippen LogP contribution in [0, 0.1) is 23.0 Å². The highest BCUT2D eigenvalue weighted by Crippen LogP contribution is 2.38. The molecule has 20 heavy (non-hydrogen) atoms. The molecule has 104 valence electrons. The van der Waals surface area contributed by atoms with Crippen molar-refractivity contribution in [2.24, 2.45) is 0 Å². The first kappa shape index (κ1) is 14.6. The topological polar surface area (TPSA) is 56.9 Å². The van der Waals surface area contributed by atoms with Crippen molar-refractivity contribution in [2.75, 3.05) is 6.61 Å². The van der Waals surface area contributed by atoms with Crippen LogP contribution in [0.4, 0.5) is 8.78 Å². The van der Waals surface area contributed by atoms with Gasteiger partial charge >= 0.3 is 0 Å². The summed E-state index contributed by atoms with van der Waals surface area (Å²) in [5.41, 5.74) is 1.34. The fraction of sp³-hybridized carbons (Fsp3) is 0.286. The number of benzene rings is 1. The molecule has 1 aromatic carbocycles. The van der Waals surface area contributed by atoms with Gasteiger partial charge in [-0.1, -0.05) is 6.07 Å². The van der Waals surface area contributed by atoms with Gasteiger partial charge in [0.2, 0.25) is 0 Å². The van der Waals surface area contributed by atoms with Gasteiger partial charge in [0.05, 0.1) is 17.5 Å². The van der Waals surface area contributed by atoms with E-state index in [1.165, 1.54) is 17.4 Å². The average molecular weight is 294 g/mol. The Kier molecular flexibility index (Phi) is 4.77. The Morgan fingerprint density at radius 3 is 2.55 bits per heavy atom. The van der Waals surface area contributed by atoms with Gasteiger partial charge in [0, 0.05) is 29.2 Å². The third-order valence-electron chi connectivity index (χ3n) is 3.11. The van der Waals surface area contributed by atoms with Gasteiger partial charge in [-0.25, -0.2) is 8.78 Å². The summed E-state index contributed by atoms with van der Waals surface area (Å²) in [6, 6.07) is 5.48. The summed E-state index contributed by atoms with van der Waals surface area (Å²) in [5.74, 6) is -2.97. The fourth-order valence-corrected chi connectivity index (χ4v) is 2.98.